The Kier molecular flexibility index (Phi) is 13.1. The normalized spacial score (nSPS) is 25.6. The Labute approximate surface area is 430 Å². The predicted octanol–water partition coefficient (Wildman–Crippen LogP) is 8.36. The van der Waals surface area contributed by atoms with E-state index in [0.717, 1.165) is 122 Å². The van der Waals surface area contributed by atoms with Gasteiger partial charge in [-0.05, 0) is 137 Å². The number of likely N-dealkylation sites (tertiary alicyclic amines) is 1. The summed E-state index contributed by atoms with van der Waals surface area (Å²) in [6, 6.07) is 12.5. The van der Waals surface area contributed by atoms with Crippen LogP contribution >= 0.6 is 0 Å². The lowest BCUT2D eigenvalue weighted by Gasteiger charge is -2.44. The van der Waals surface area contributed by atoms with Crippen molar-refractivity contribution in [3.05, 3.63) is 59.5 Å². The number of amides is 1. The molecule has 11 rings (SSSR count). The lowest BCUT2D eigenvalue weighted by molar-refractivity contribution is -0.140. The number of anilines is 1. The fourth-order valence-electron chi connectivity index (χ4n) is 13.2. The maximum Gasteiger partial charge on any atom is 0.410 e. The van der Waals surface area contributed by atoms with Gasteiger partial charge < -0.3 is 43.1 Å². The van der Waals surface area contributed by atoms with E-state index in [1.54, 1.807) is 13.2 Å². The molecule has 73 heavy (non-hydrogen) atoms. The number of hydrogen-bond donors (Lipinski definition) is 1. The number of piperidine rings is 1. The van der Waals surface area contributed by atoms with Crippen molar-refractivity contribution < 1.29 is 42.9 Å². The Morgan fingerprint density at radius 1 is 0.973 bits per heavy atom. The van der Waals surface area contributed by atoms with Crippen LogP contribution in [0.5, 0.6) is 17.6 Å². The molecule has 5 aliphatic heterocycles. The average Bonchev–Trinajstić information content (AvgIpc) is 4.13. The Hall–Kier alpha value is -5.56. The molecule has 8 heterocycles. The predicted molar refractivity (Wildman–Crippen MR) is 276 cm³/mol. The smallest absolute Gasteiger partial charge is 0.410 e. The van der Waals surface area contributed by atoms with E-state index in [2.05, 4.69) is 67.4 Å². The second-order valence-electron chi connectivity index (χ2n) is 22.9. The number of piperazine rings is 1. The van der Waals surface area contributed by atoms with Crippen molar-refractivity contribution in [2.75, 3.05) is 71.3 Å². The molecule has 2 bridgehead atoms. The Bertz CT molecular complexity index is 2890. The summed E-state index contributed by atoms with van der Waals surface area (Å²) in [6.07, 6.45) is 9.53. The molecule has 6 atom stereocenters. The zero-order valence-electron chi connectivity index (χ0n) is 43.3. The number of nitrogens with zero attached hydrogens (tertiary/aromatic N) is 8. The molecule has 17 nitrogen and oxygen atoms in total. The van der Waals surface area contributed by atoms with Crippen LogP contribution in [0.3, 0.4) is 0 Å². The van der Waals surface area contributed by atoms with Crippen LogP contribution in [0.2, 0.25) is 0 Å². The fourth-order valence-corrected chi connectivity index (χ4v) is 13.9. The van der Waals surface area contributed by atoms with Crippen molar-refractivity contribution in [3.63, 3.8) is 0 Å². The number of hydrogen-bond acceptors (Lipinski definition) is 15. The maximum atomic E-state index is 13.6. The molecule has 5 saturated heterocycles. The largest absolute Gasteiger partial charge is 0.481 e. The van der Waals surface area contributed by atoms with Gasteiger partial charge >= 0.3 is 18.1 Å². The Morgan fingerprint density at radius 3 is 2.48 bits per heavy atom. The number of fused-ring (bicyclic) bond motifs is 7. The molecule has 2 aromatic carbocycles. The first-order chi connectivity index (χ1) is 35.0. The first kappa shape index (κ1) is 49.6. The second kappa shape index (κ2) is 19.3. The number of carbonyl (C=O) groups excluding carboxylic acids is 1. The number of pyridine rings is 1. The highest BCUT2D eigenvalue weighted by Gasteiger charge is 2.56. The van der Waals surface area contributed by atoms with Crippen LogP contribution in [0.15, 0.2) is 47.1 Å². The van der Waals surface area contributed by atoms with Crippen LogP contribution in [0.25, 0.3) is 32.9 Å². The monoisotopic (exact) mass is 1010 g/mol. The first-order valence-electron chi connectivity index (χ1n) is 26.4. The van der Waals surface area contributed by atoms with E-state index in [1.807, 2.05) is 45.7 Å². The summed E-state index contributed by atoms with van der Waals surface area (Å²) >= 11 is 0. The van der Waals surface area contributed by atoms with E-state index in [9.17, 15) is 14.7 Å². The van der Waals surface area contributed by atoms with Gasteiger partial charge in [0.15, 0.2) is 12.6 Å². The van der Waals surface area contributed by atoms with Gasteiger partial charge in [-0.2, -0.15) is 9.97 Å². The molecule has 3 aromatic heterocycles. The minimum absolute atomic E-state index is 0.0180. The van der Waals surface area contributed by atoms with Gasteiger partial charge in [0.05, 0.1) is 51.1 Å². The topological polar surface area (TPSA) is 178 Å². The molecular weight excluding hydrogens is 945 g/mol. The third kappa shape index (κ3) is 9.28. The number of aliphatic carboxylic acids is 1. The number of aromatic nitrogens is 4. The quantitative estimate of drug-likeness (QED) is 0.0781. The minimum Gasteiger partial charge on any atom is -0.481 e. The summed E-state index contributed by atoms with van der Waals surface area (Å²) in [5, 5.41) is 16.6. The second-order valence-corrected chi connectivity index (χ2v) is 23.9. The van der Waals surface area contributed by atoms with E-state index in [-0.39, 0.29) is 47.5 Å². The van der Waals surface area contributed by atoms with E-state index in [4.69, 9.17) is 43.2 Å². The maximum absolute atomic E-state index is 13.6. The number of carboxylic acids is 1. The van der Waals surface area contributed by atoms with Gasteiger partial charge in [0, 0.05) is 61.2 Å². The van der Waals surface area contributed by atoms with Gasteiger partial charge in [0.25, 0.3) is 5.88 Å². The van der Waals surface area contributed by atoms with Gasteiger partial charge in [-0.25, -0.2) is 4.79 Å². The van der Waals surface area contributed by atoms with Crippen LogP contribution in [0.1, 0.15) is 122 Å². The molecule has 5 aromatic rings. The third-order valence-corrected chi connectivity index (χ3v) is 17.3. The van der Waals surface area contributed by atoms with Crippen molar-refractivity contribution >= 4 is 49.8 Å². The summed E-state index contributed by atoms with van der Waals surface area (Å²) in [5.74, 6) is 0.668. The Balaban J connectivity index is 0.844. The van der Waals surface area contributed by atoms with Gasteiger partial charge in [-0.3, -0.25) is 19.6 Å². The number of carbonyl (C=O) groups is 2. The average molecular weight is 1010 g/mol. The highest BCUT2D eigenvalue weighted by molar-refractivity contribution is 6.16. The molecule has 6 aliphatic rings. The first-order valence-corrected chi connectivity index (χ1v) is 26.9. The lowest BCUT2D eigenvalue weighted by atomic mass is 9.79. The molecule has 0 spiro atoms. The fraction of sp³-hybridized carbons (Fsp3) is 0.600. The third-order valence-electron chi connectivity index (χ3n) is 16.6. The zero-order valence-corrected chi connectivity index (χ0v) is 44.3. The van der Waals surface area contributed by atoms with Crippen LogP contribution in [0.4, 0.5) is 10.6 Å². The number of methoxy groups -OCH3 is 1. The van der Waals surface area contributed by atoms with Crippen LogP contribution in [-0.4, -0.2) is 157 Å². The van der Waals surface area contributed by atoms with Gasteiger partial charge in [-0.15, -0.1) is 0 Å². The molecule has 3 radical (unpaired) electrons. The van der Waals surface area contributed by atoms with Crippen molar-refractivity contribution in [1.29, 1.82) is 0 Å². The number of carboxylic acid groups (broad SMARTS) is 1. The van der Waals surface area contributed by atoms with Crippen molar-refractivity contribution in [1.82, 2.24) is 34.8 Å². The molecule has 387 valence electrons. The highest BCUT2D eigenvalue weighted by Crippen LogP contribution is 2.51. The van der Waals surface area contributed by atoms with E-state index >= 15 is 0 Å². The summed E-state index contributed by atoms with van der Waals surface area (Å²) in [6.45, 7) is 17.8. The number of ether oxygens (including phenoxy) is 5. The zero-order chi connectivity index (χ0) is 51.0. The SMILES string of the molecule is COCOc1cc2c3c(cccc3c1)C(C)c1c-2ncc2c(N3CC4CCC(C3)N4C(=O)OC(C)(C)C)nc(OCC34CCCN3[C@]([Si])(CN3CCC(COc5cc(C(C(=O)O)C(C)C)on5)CC3)CC4)nc12. The minimum atomic E-state index is -0.930. The van der Waals surface area contributed by atoms with E-state index < -0.39 is 17.5 Å². The summed E-state index contributed by atoms with van der Waals surface area (Å²) in [4.78, 5) is 50.9. The molecule has 1 amide bonds. The highest BCUT2D eigenvalue weighted by atomic mass is 28.1. The molecule has 18 heteroatoms. The van der Waals surface area contributed by atoms with Crippen molar-refractivity contribution in [2.24, 2.45) is 11.8 Å². The van der Waals surface area contributed by atoms with Crippen LogP contribution < -0.4 is 19.1 Å². The molecule has 1 N–H and O–H groups in total. The molecule has 0 saturated carbocycles. The van der Waals surface area contributed by atoms with Gasteiger partial charge in [0.2, 0.25) is 0 Å². The van der Waals surface area contributed by atoms with E-state index in [0.29, 0.717) is 55.6 Å². The standard InChI is InChI=1S/C55H69N8O9Si/c1-32(2)44(50(64)65)42-24-43(59-72-42)68-28-34-14-20-60(21-15-34)29-55(73)18-17-54(16-9-19-62(54)55)30-69-51-57-48-41(49(58-51)61-26-36-12-13-37(27-61)63(36)52(66)71-53(4,5)6)25-56-47-40-23-38(70-31-67-7)22-35-10-8-11-39(46(35)40)33(3)45(47)48/h8,10-11,22-25,32-34,36-37,44H,9,12-21,26-31H2,1-7H3,(H,64,65)/t33?,36?,37?,44?,54?,55-/m1/s1. The molecule has 1 aliphatic carbocycles. The van der Waals surface area contributed by atoms with E-state index in [1.165, 1.54) is 5.56 Å². The van der Waals surface area contributed by atoms with Gasteiger partial charge in [-0.1, -0.05) is 39.0 Å². The number of benzene rings is 2. The number of rotatable bonds is 15. The summed E-state index contributed by atoms with van der Waals surface area (Å²) in [7, 11) is 6.04. The van der Waals surface area contributed by atoms with Crippen molar-refractivity contribution in [2.45, 2.75) is 133 Å². The summed E-state index contributed by atoms with van der Waals surface area (Å²) < 4.78 is 35.7. The van der Waals surface area contributed by atoms with Crippen LogP contribution in [0, 0.1) is 11.8 Å². The lowest BCUT2D eigenvalue weighted by Crippen LogP contribution is -2.58. The Morgan fingerprint density at radius 2 is 1.75 bits per heavy atom. The van der Waals surface area contributed by atoms with Crippen molar-refractivity contribution in [3.8, 4) is 28.9 Å². The van der Waals surface area contributed by atoms with Crippen LogP contribution in [-0.2, 0) is 14.3 Å². The molecular formula is C55H69N8O9Si. The van der Waals surface area contributed by atoms with Gasteiger partial charge in [0.1, 0.15) is 29.7 Å². The summed E-state index contributed by atoms with van der Waals surface area (Å²) in [5.41, 5.74) is 4.16. The molecule has 5 fully saturated rings. The molecule has 5 unspecified atom stereocenters.